The van der Waals surface area contributed by atoms with Crippen LogP contribution in [-0.4, -0.2) is 13.2 Å². The highest BCUT2D eigenvalue weighted by Gasteiger charge is 2.34. The Hall–Kier alpha value is -1.46. The molecule has 0 atom stereocenters. The Morgan fingerprint density at radius 3 is 2.35 bits per heavy atom. The third-order valence-electron chi connectivity index (χ3n) is 3.80. The fraction of sp³-hybridized carbons (Fsp3) is 0.467. The summed E-state index contributed by atoms with van der Waals surface area (Å²) in [7, 11) is 1.67. The van der Waals surface area contributed by atoms with Crippen molar-refractivity contribution in [3.63, 3.8) is 0 Å². The average molecular weight is 229 g/mol. The zero-order chi connectivity index (χ0) is 12.3. The van der Waals surface area contributed by atoms with Gasteiger partial charge in [-0.05, 0) is 43.4 Å². The molecule has 2 heteroatoms. The first-order chi connectivity index (χ1) is 8.20. The Bertz CT molecular complexity index is 408. The first-order valence-corrected chi connectivity index (χ1v) is 6.08. The van der Waals surface area contributed by atoms with Crippen LogP contribution in [0.5, 0.6) is 5.75 Å². The lowest BCUT2D eigenvalue weighted by molar-refractivity contribution is 0.334. The van der Waals surface area contributed by atoms with Gasteiger partial charge in [-0.1, -0.05) is 18.1 Å². The summed E-state index contributed by atoms with van der Waals surface area (Å²) in [4.78, 5) is 0. The molecule has 0 spiro atoms. The normalized spacial score (nSPS) is 28.4. The van der Waals surface area contributed by atoms with Crippen molar-refractivity contribution in [2.75, 3.05) is 7.11 Å². The minimum Gasteiger partial charge on any atom is -0.497 e. The summed E-state index contributed by atoms with van der Waals surface area (Å²) in [6.45, 7) is 0. The summed E-state index contributed by atoms with van der Waals surface area (Å²) >= 11 is 0. The van der Waals surface area contributed by atoms with Gasteiger partial charge in [-0.25, -0.2) is 0 Å². The zero-order valence-corrected chi connectivity index (χ0v) is 10.3. The molecule has 1 aliphatic rings. The SMILES string of the molecule is C#CC1(c2ccc(OC)cc2)CCC(N)CC1. The van der Waals surface area contributed by atoms with Gasteiger partial charge < -0.3 is 10.5 Å². The Morgan fingerprint density at radius 1 is 1.29 bits per heavy atom. The van der Waals surface area contributed by atoms with Crippen LogP contribution in [0.3, 0.4) is 0 Å². The largest absolute Gasteiger partial charge is 0.497 e. The molecule has 0 amide bonds. The van der Waals surface area contributed by atoms with Gasteiger partial charge in [-0.3, -0.25) is 0 Å². The van der Waals surface area contributed by atoms with E-state index in [0.29, 0.717) is 6.04 Å². The molecule has 0 aliphatic heterocycles. The van der Waals surface area contributed by atoms with Crippen LogP contribution in [0, 0.1) is 12.3 Å². The molecule has 0 radical (unpaired) electrons. The van der Waals surface area contributed by atoms with Gasteiger partial charge in [0.15, 0.2) is 0 Å². The van der Waals surface area contributed by atoms with Crippen LogP contribution in [0.1, 0.15) is 31.2 Å². The van der Waals surface area contributed by atoms with E-state index in [1.807, 2.05) is 12.1 Å². The van der Waals surface area contributed by atoms with Gasteiger partial charge in [-0.2, -0.15) is 0 Å². The molecule has 1 aromatic carbocycles. The molecule has 0 heterocycles. The summed E-state index contributed by atoms with van der Waals surface area (Å²) in [5.74, 6) is 3.86. The monoisotopic (exact) mass is 229 g/mol. The van der Waals surface area contributed by atoms with Gasteiger partial charge >= 0.3 is 0 Å². The molecular formula is C15H19NO. The molecule has 0 aromatic heterocycles. The molecule has 0 saturated heterocycles. The summed E-state index contributed by atoms with van der Waals surface area (Å²) < 4.78 is 5.17. The minimum atomic E-state index is -0.123. The fourth-order valence-electron chi connectivity index (χ4n) is 2.56. The number of benzene rings is 1. The predicted molar refractivity (Wildman–Crippen MR) is 69.9 cm³/mol. The molecule has 2 rings (SSSR count). The van der Waals surface area contributed by atoms with Crippen molar-refractivity contribution >= 4 is 0 Å². The maximum atomic E-state index is 5.95. The van der Waals surface area contributed by atoms with E-state index in [2.05, 4.69) is 18.1 Å². The van der Waals surface area contributed by atoms with E-state index in [1.54, 1.807) is 7.11 Å². The second kappa shape index (κ2) is 4.81. The number of nitrogens with two attached hydrogens (primary N) is 1. The molecule has 1 aliphatic carbocycles. The summed E-state index contributed by atoms with van der Waals surface area (Å²) in [5, 5.41) is 0. The van der Waals surface area contributed by atoms with Crippen LogP contribution in [0.15, 0.2) is 24.3 Å². The number of hydrogen-bond acceptors (Lipinski definition) is 2. The highest BCUT2D eigenvalue weighted by molar-refractivity contribution is 5.38. The number of methoxy groups -OCH3 is 1. The lowest BCUT2D eigenvalue weighted by atomic mass is 9.69. The van der Waals surface area contributed by atoms with E-state index < -0.39 is 0 Å². The molecule has 1 aromatic rings. The van der Waals surface area contributed by atoms with E-state index >= 15 is 0 Å². The van der Waals surface area contributed by atoms with Crippen molar-refractivity contribution in [3.8, 4) is 18.1 Å². The molecule has 2 N–H and O–H groups in total. The third-order valence-corrected chi connectivity index (χ3v) is 3.80. The predicted octanol–water partition coefficient (Wildman–Crippen LogP) is 2.47. The minimum absolute atomic E-state index is 0.123. The molecule has 17 heavy (non-hydrogen) atoms. The van der Waals surface area contributed by atoms with Crippen LogP contribution in [0.4, 0.5) is 0 Å². The van der Waals surface area contributed by atoms with Crippen LogP contribution in [0.25, 0.3) is 0 Å². The van der Waals surface area contributed by atoms with E-state index in [4.69, 9.17) is 16.9 Å². The average Bonchev–Trinajstić information content (AvgIpc) is 2.40. The lowest BCUT2D eigenvalue weighted by Gasteiger charge is -2.35. The molecular weight excluding hydrogens is 210 g/mol. The molecule has 1 saturated carbocycles. The van der Waals surface area contributed by atoms with Crippen molar-refractivity contribution in [2.45, 2.75) is 37.1 Å². The number of ether oxygens (including phenoxy) is 1. The van der Waals surface area contributed by atoms with Gasteiger partial charge in [0.25, 0.3) is 0 Å². The van der Waals surface area contributed by atoms with Crippen LogP contribution in [-0.2, 0) is 5.41 Å². The van der Waals surface area contributed by atoms with Gasteiger partial charge in [-0.15, -0.1) is 6.42 Å². The van der Waals surface area contributed by atoms with Crippen molar-refractivity contribution in [1.82, 2.24) is 0 Å². The van der Waals surface area contributed by atoms with Crippen molar-refractivity contribution in [3.05, 3.63) is 29.8 Å². The maximum Gasteiger partial charge on any atom is 0.118 e. The van der Waals surface area contributed by atoms with Crippen LogP contribution >= 0.6 is 0 Å². The number of hydrogen-bond donors (Lipinski definition) is 1. The molecule has 0 unspecified atom stereocenters. The Balaban J connectivity index is 2.26. The van der Waals surface area contributed by atoms with Gasteiger partial charge in [0, 0.05) is 6.04 Å². The number of rotatable bonds is 2. The van der Waals surface area contributed by atoms with Crippen LogP contribution < -0.4 is 10.5 Å². The Morgan fingerprint density at radius 2 is 1.88 bits per heavy atom. The second-order valence-corrected chi connectivity index (χ2v) is 4.79. The quantitative estimate of drug-likeness (QED) is 0.791. The van der Waals surface area contributed by atoms with Gasteiger partial charge in [0.2, 0.25) is 0 Å². The first-order valence-electron chi connectivity index (χ1n) is 6.08. The summed E-state index contributed by atoms with van der Waals surface area (Å²) in [5.41, 5.74) is 7.04. The van der Waals surface area contributed by atoms with E-state index in [-0.39, 0.29) is 5.41 Å². The summed E-state index contributed by atoms with van der Waals surface area (Å²) in [6, 6.07) is 8.42. The highest BCUT2D eigenvalue weighted by Crippen LogP contribution is 2.38. The standard InChI is InChI=1S/C15H19NO/c1-3-15(10-8-13(16)9-11-15)12-4-6-14(17-2)7-5-12/h1,4-7,13H,8-11,16H2,2H3. The molecule has 0 bridgehead atoms. The maximum absolute atomic E-state index is 5.95. The second-order valence-electron chi connectivity index (χ2n) is 4.79. The molecule has 90 valence electrons. The fourth-order valence-corrected chi connectivity index (χ4v) is 2.56. The zero-order valence-electron chi connectivity index (χ0n) is 10.3. The van der Waals surface area contributed by atoms with Crippen molar-refractivity contribution in [1.29, 1.82) is 0 Å². The van der Waals surface area contributed by atoms with Crippen LogP contribution in [0.2, 0.25) is 0 Å². The smallest absolute Gasteiger partial charge is 0.118 e. The lowest BCUT2D eigenvalue weighted by Crippen LogP contribution is -2.35. The van der Waals surface area contributed by atoms with Crippen molar-refractivity contribution in [2.24, 2.45) is 5.73 Å². The van der Waals surface area contributed by atoms with E-state index in [0.717, 1.165) is 31.4 Å². The van der Waals surface area contributed by atoms with E-state index in [1.165, 1.54) is 5.56 Å². The van der Waals surface area contributed by atoms with Crippen molar-refractivity contribution < 1.29 is 4.74 Å². The molecule has 2 nitrogen and oxygen atoms in total. The number of terminal acetylenes is 1. The van der Waals surface area contributed by atoms with E-state index in [9.17, 15) is 0 Å². The Labute approximate surface area is 103 Å². The third kappa shape index (κ3) is 2.30. The first kappa shape index (κ1) is 12.0. The van der Waals surface area contributed by atoms with Gasteiger partial charge in [0.05, 0.1) is 12.5 Å². The Kier molecular flexibility index (Phi) is 3.40. The molecule has 1 fully saturated rings. The topological polar surface area (TPSA) is 35.2 Å². The highest BCUT2D eigenvalue weighted by atomic mass is 16.5. The van der Waals surface area contributed by atoms with Gasteiger partial charge in [0.1, 0.15) is 5.75 Å². The summed E-state index contributed by atoms with van der Waals surface area (Å²) in [6.07, 6.45) is 9.75.